The van der Waals surface area contributed by atoms with Gasteiger partial charge < -0.3 is 20.2 Å². The Labute approximate surface area is 90.0 Å². The molecule has 2 heterocycles. The maximum Gasteiger partial charge on any atom is 0.320 e. The van der Waals surface area contributed by atoms with E-state index in [4.69, 9.17) is 0 Å². The number of rotatable bonds is 0. The number of hydrogen-bond acceptors (Lipinski definition) is 3. The number of nitrogens with one attached hydrogen (secondary N) is 1. The molecule has 0 unspecified atom stereocenters. The summed E-state index contributed by atoms with van der Waals surface area (Å²) in [6, 6.07) is 0.142. The first-order chi connectivity index (χ1) is 7.27. The van der Waals surface area contributed by atoms with Gasteiger partial charge in [0.15, 0.2) is 0 Å². The van der Waals surface area contributed by atoms with E-state index in [0.29, 0.717) is 13.1 Å². The van der Waals surface area contributed by atoms with Crippen molar-refractivity contribution < 1.29 is 9.90 Å². The minimum atomic E-state index is -0.211. The molecule has 2 N–H and O–H groups in total. The number of likely N-dealkylation sites (tertiary alicyclic amines) is 1. The van der Waals surface area contributed by atoms with Crippen molar-refractivity contribution in [1.82, 2.24) is 15.1 Å². The number of urea groups is 1. The van der Waals surface area contributed by atoms with E-state index < -0.39 is 0 Å². The molecule has 0 saturated carbocycles. The van der Waals surface area contributed by atoms with Gasteiger partial charge in [0.2, 0.25) is 0 Å². The van der Waals surface area contributed by atoms with Crippen LogP contribution in [0.3, 0.4) is 0 Å². The lowest BCUT2D eigenvalue weighted by atomic mass is 10.1. The van der Waals surface area contributed by atoms with Gasteiger partial charge >= 0.3 is 6.03 Å². The van der Waals surface area contributed by atoms with Crippen LogP contribution in [0.5, 0.6) is 0 Å². The van der Waals surface area contributed by atoms with Gasteiger partial charge in [-0.05, 0) is 12.8 Å². The third kappa shape index (κ3) is 2.60. The average molecular weight is 213 g/mol. The van der Waals surface area contributed by atoms with E-state index in [1.54, 1.807) is 0 Å². The zero-order valence-electron chi connectivity index (χ0n) is 8.98. The van der Waals surface area contributed by atoms with Gasteiger partial charge in [-0.1, -0.05) is 0 Å². The van der Waals surface area contributed by atoms with Crippen LogP contribution in [0.1, 0.15) is 12.8 Å². The summed E-state index contributed by atoms with van der Waals surface area (Å²) in [6.07, 6.45) is 1.23. The number of aliphatic hydroxyl groups is 1. The van der Waals surface area contributed by atoms with Crippen molar-refractivity contribution in [2.45, 2.75) is 18.9 Å². The second-order valence-corrected chi connectivity index (χ2v) is 4.24. The molecule has 2 fully saturated rings. The van der Waals surface area contributed by atoms with Gasteiger partial charge in [-0.25, -0.2) is 4.79 Å². The highest BCUT2D eigenvalue weighted by Gasteiger charge is 2.25. The Morgan fingerprint density at radius 2 is 1.60 bits per heavy atom. The number of carbonyl (C=O) groups excluding carboxylic acids is 1. The van der Waals surface area contributed by atoms with E-state index in [2.05, 4.69) is 5.32 Å². The molecule has 0 aromatic rings. The lowest BCUT2D eigenvalue weighted by molar-refractivity contribution is 0.0797. The Bertz CT molecular complexity index is 221. The second kappa shape index (κ2) is 4.81. The first-order valence-corrected chi connectivity index (χ1v) is 5.70. The first-order valence-electron chi connectivity index (χ1n) is 5.70. The van der Waals surface area contributed by atoms with Gasteiger partial charge in [0, 0.05) is 39.3 Å². The van der Waals surface area contributed by atoms with Crippen LogP contribution in [0.2, 0.25) is 0 Å². The molecule has 2 aliphatic rings. The van der Waals surface area contributed by atoms with Gasteiger partial charge in [-0.15, -0.1) is 0 Å². The van der Waals surface area contributed by atoms with Gasteiger partial charge in [-0.3, -0.25) is 0 Å². The smallest absolute Gasteiger partial charge is 0.320 e. The summed E-state index contributed by atoms with van der Waals surface area (Å²) in [5.74, 6) is 0. The Balaban J connectivity index is 1.84. The molecule has 0 aromatic heterocycles. The van der Waals surface area contributed by atoms with Crippen molar-refractivity contribution >= 4 is 6.03 Å². The molecule has 15 heavy (non-hydrogen) atoms. The number of piperazine rings is 1. The number of aliphatic hydroxyl groups excluding tert-OH is 1. The first kappa shape index (κ1) is 10.7. The van der Waals surface area contributed by atoms with Crippen LogP contribution in [0, 0.1) is 0 Å². The summed E-state index contributed by atoms with van der Waals surface area (Å²) in [7, 11) is 0. The fourth-order valence-electron chi connectivity index (χ4n) is 2.11. The maximum absolute atomic E-state index is 12.0. The highest BCUT2D eigenvalue weighted by Crippen LogP contribution is 2.12. The molecule has 0 radical (unpaired) electrons. The molecular formula is C10H19N3O2. The molecule has 0 aromatic carbocycles. The summed E-state index contributed by atoms with van der Waals surface area (Å²) in [6.45, 7) is 4.79. The molecule has 5 nitrogen and oxygen atoms in total. The van der Waals surface area contributed by atoms with Gasteiger partial charge in [0.05, 0.1) is 6.10 Å². The maximum atomic E-state index is 12.0. The van der Waals surface area contributed by atoms with Crippen LogP contribution < -0.4 is 5.32 Å². The predicted molar refractivity (Wildman–Crippen MR) is 56.7 cm³/mol. The van der Waals surface area contributed by atoms with E-state index in [-0.39, 0.29) is 12.1 Å². The quantitative estimate of drug-likeness (QED) is 0.568. The lowest BCUT2D eigenvalue weighted by Crippen LogP contribution is -2.53. The summed E-state index contributed by atoms with van der Waals surface area (Å²) < 4.78 is 0. The Kier molecular flexibility index (Phi) is 3.43. The lowest BCUT2D eigenvalue weighted by Gasteiger charge is -2.36. The summed E-state index contributed by atoms with van der Waals surface area (Å²) in [4.78, 5) is 15.8. The van der Waals surface area contributed by atoms with Crippen molar-refractivity contribution in [2.75, 3.05) is 39.3 Å². The highest BCUT2D eigenvalue weighted by atomic mass is 16.3. The van der Waals surface area contributed by atoms with Gasteiger partial charge in [-0.2, -0.15) is 0 Å². The van der Waals surface area contributed by atoms with E-state index in [1.165, 1.54) is 0 Å². The van der Waals surface area contributed by atoms with Crippen LogP contribution in [-0.4, -0.2) is 66.3 Å². The molecule has 2 aliphatic heterocycles. The Morgan fingerprint density at radius 3 is 2.20 bits per heavy atom. The number of carbonyl (C=O) groups is 1. The Hall–Kier alpha value is -0.810. The molecule has 0 spiro atoms. The number of piperidine rings is 1. The molecule has 0 atom stereocenters. The molecule has 2 rings (SSSR count). The monoisotopic (exact) mass is 213 g/mol. The van der Waals surface area contributed by atoms with Crippen molar-refractivity contribution in [3.63, 3.8) is 0 Å². The Morgan fingerprint density at radius 1 is 1.07 bits per heavy atom. The fourth-order valence-corrected chi connectivity index (χ4v) is 2.11. The van der Waals surface area contributed by atoms with Crippen LogP contribution >= 0.6 is 0 Å². The SMILES string of the molecule is O=C(N1CCNCC1)N1CCC(O)CC1. The van der Waals surface area contributed by atoms with Crippen molar-refractivity contribution in [2.24, 2.45) is 0 Å². The van der Waals surface area contributed by atoms with Crippen LogP contribution in [-0.2, 0) is 0 Å². The largest absolute Gasteiger partial charge is 0.393 e. The van der Waals surface area contributed by atoms with Gasteiger partial charge in [0.25, 0.3) is 0 Å². The van der Waals surface area contributed by atoms with Crippen LogP contribution in [0.25, 0.3) is 0 Å². The van der Waals surface area contributed by atoms with E-state index in [1.807, 2.05) is 9.80 Å². The topological polar surface area (TPSA) is 55.8 Å². The number of hydrogen-bond donors (Lipinski definition) is 2. The molecule has 2 amide bonds. The van der Waals surface area contributed by atoms with E-state index in [9.17, 15) is 9.90 Å². The third-order valence-electron chi connectivity index (χ3n) is 3.12. The molecule has 0 aliphatic carbocycles. The third-order valence-corrected chi connectivity index (χ3v) is 3.12. The van der Waals surface area contributed by atoms with Crippen molar-refractivity contribution in [1.29, 1.82) is 0 Å². The minimum Gasteiger partial charge on any atom is -0.393 e. The predicted octanol–water partition coefficient (Wildman–Crippen LogP) is -0.532. The number of nitrogens with zero attached hydrogens (tertiary/aromatic N) is 2. The zero-order chi connectivity index (χ0) is 10.7. The van der Waals surface area contributed by atoms with E-state index >= 15 is 0 Å². The van der Waals surface area contributed by atoms with Crippen molar-refractivity contribution in [3.05, 3.63) is 0 Å². The van der Waals surface area contributed by atoms with Crippen LogP contribution in [0.4, 0.5) is 4.79 Å². The molecule has 2 saturated heterocycles. The number of amides is 2. The van der Waals surface area contributed by atoms with Crippen molar-refractivity contribution in [3.8, 4) is 0 Å². The standard InChI is InChI=1S/C10H19N3O2/c14-9-1-5-12(6-2-9)10(15)13-7-3-11-4-8-13/h9,11,14H,1-8H2. The molecule has 0 bridgehead atoms. The molecule has 86 valence electrons. The zero-order valence-corrected chi connectivity index (χ0v) is 8.98. The van der Waals surface area contributed by atoms with Gasteiger partial charge in [0.1, 0.15) is 0 Å². The summed E-state index contributed by atoms with van der Waals surface area (Å²) in [5.41, 5.74) is 0. The van der Waals surface area contributed by atoms with E-state index in [0.717, 1.165) is 39.0 Å². The summed E-state index contributed by atoms with van der Waals surface area (Å²) >= 11 is 0. The fraction of sp³-hybridized carbons (Fsp3) is 0.900. The molecular weight excluding hydrogens is 194 g/mol. The average Bonchev–Trinajstić information content (AvgIpc) is 2.30. The normalized spacial score (nSPS) is 24.3. The summed E-state index contributed by atoms with van der Waals surface area (Å²) in [5, 5.41) is 12.6. The second-order valence-electron chi connectivity index (χ2n) is 4.24. The minimum absolute atomic E-state index is 0.142. The molecule has 5 heteroatoms. The van der Waals surface area contributed by atoms with Crippen LogP contribution in [0.15, 0.2) is 0 Å². The highest BCUT2D eigenvalue weighted by molar-refractivity contribution is 5.74.